The fourth-order valence-electron chi connectivity index (χ4n) is 1.33. The Balaban J connectivity index is 2.02. The number of carbonyl (C=O) groups is 1. The summed E-state index contributed by atoms with van der Waals surface area (Å²) in [7, 11) is 0. The van der Waals surface area contributed by atoms with E-state index in [-0.39, 0.29) is 12.5 Å². The molecule has 0 aliphatic carbocycles. The molecular formula is C12H9N3O2. The molecule has 84 valence electrons. The lowest BCUT2D eigenvalue weighted by Crippen LogP contribution is -2.22. The van der Waals surface area contributed by atoms with Crippen LogP contribution >= 0.6 is 0 Å². The van der Waals surface area contributed by atoms with Crippen LogP contribution < -0.4 is 5.32 Å². The van der Waals surface area contributed by atoms with E-state index in [1.54, 1.807) is 24.3 Å². The molecule has 17 heavy (non-hydrogen) atoms. The number of hydrogen-bond donors (Lipinski definition) is 1. The Morgan fingerprint density at radius 1 is 1.47 bits per heavy atom. The van der Waals surface area contributed by atoms with Gasteiger partial charge in [-0.1, -0.05) is 11.2 Å². The van der Waals surface area contributed by atoms with E-state index in [9.17, 15) is 4.79 Å². The van der Waals surface area contributed by atoms with Crippen LogP contribution in [0.3, 0.4) is 0 Å². The Kier molecular flexibility index (Phi) is 3.17. The first kappa shape index (κ1) is 10.9. The molecule has 0 radical (unpaired) electrons. The highest BCUT2D eigenvalue weighted by atomic mass is 16.5. The minimum atomic E-state index is -0.251. The third-order valence-electron chi connectivity index (χ3n) is 2.17. The van der Waals surface area contributed by atoms with E-state index in [0.29, 0.717) is 16.9 Å². The molecule has 2 aromatic rings. The van der Waals surface area contributed by atoms with Crippen molar-refractivity contribution in [3.8, 4) is 6.07 Å². The van der Waals surface area contributed by atoms with Crippen LogP contribution in [0, 0.1) is 11.3 Å². The lowest BCUT2D eigenvalue weighted by Gasteiger charge is -2.02. The van der Waals surface area contributed by atoms with Crippen molar-refractivity contribution >= 4 is 5.91 Å². The van der Waals surface area contributed by atoms with Crippen LogP contribution in [0.15, 0.2) is 41.1 Å². The molecule has 0 saturated carbocycles. The summed E-state index contributed by atoms with van der Waals surface area (Å²) in [6, 6.07) is 10.2. The summed E-state index contributed by atoms with van der Waals surface area (Å²) in [4.78, 5) is 11.7. The number of hydrogen-bond acceptors (Lipinski definition) is 4. The van der Waals surface area contributed by atoms with Gasteiger partial charge in [0.15, 0.2) is 5.76 Å². The fraction of sp³-hybridized carbons (Fsp3) is 0.0833. The van der Waals surface area contributed by atoms with Crippen LogP contribution in [0.5, 0.6) is 0 Å². The molecule has 1 aromatic heterocycles. The van der Waals surface area contributed by atoms with Gasteiger partial charge in [0, 0.05) is 11.6 Å². The number of nitrogens with zero attached hydrogens (tertiary/aromatic N) is 2. The summed E-state index contributed by atoms with van der Waals surface area (Å²) >= 11 is 0. The van der Waals surface area contributed by atoms with E-state index < -0.39 is 0 Å². The van der Waals surface area contributed by atoms with E-state index in [1.807, 2.05) is 6.07 Å². The van der Waals surface area contributed by atoms with Crippen LogP contribution in [0.25, 0.3) is 0 Å². The smallest absolute Gasteiger partial charge is 0.251 e. The van der Waals surface area contributed by atoms with Gasteiger partial charge in [0.1, 0.15) is 0 Å². The van der Waals surface area contributed by atoms with Gasteiger partial charge in [0.2, 0.25) is 0 Å². The molecule has 0 aliphatic heterocycles. The second-order valence-electron chi connectivity index (χ2n) is 3.35. The van der Waals surface area contributed by atoms with Gasteiger partial charge in [-0.2, -0.15) is 5.26 Å². The number of benzene rings is 1. The van der Waals surface area contributed by atoms with E-state index in [4.69, 9.17) is 9.78 Å². The summed E-state index contributed by atoms with van der Waals surface area (Å²) < 4.78 is 4.85. The van der Waals surface area contributed by atoms with E-state index in [2.05, 4.69) is 10.5 Å². The molecule has 0 saturated heterocycles. The maximum atomic E-state index is 11.7. The molecule has 0 atom stereocenters. The number of amides is 1. The molecule has 5 nitrogen and oxygen atoms in total. The second kappa shape index (κ2) is 4.94. The van der Waals surface area contributed by atoms with Crippen LogP contribution in [-0.2, 0) is 6.54 Å². The molecule has 1 amide bonds. The summed E-state index contributed by atoms with van der Waals surface area (Å²) in [6.07, 6.45) is 1.51. The van der Waals surface area contributed by atoms with Gasteiger partial charge in [0.25, 0.3) is 5.91 Å². The van der Waals surface area contributed by atoms with Crippen molar-refractivity contribution < 1.29 is 9.32 Å². The first-order valence-corrected chi connectivity index (χ1v) is 4.97. The van der Waals surface area contributed by atoms with Crippen molar-refractivity contribution in [2.24, 2.45) is 0 Å². The molecule has 0 unspecified atom stereocenters. The summed E-state index contributed by atoms with van der Waals surface area (Å²) in [5.74, 6) is 0.327. The third-order valence-corrected chi connectivity index (χ3v) is 2.17. The van der Waals surface area contributed by atoms with Gasteiger partial charge in [-0.05, 0) is 18.2 Å². The molecule has 1 heterocycles. The average molecular weight is 227 g/mol. The van der Waals surface area contributed by atoms with Crippen molar-refractivity contribution in [2.75, 3.05) is 0 Å². The number of rotatable bonds is 3. The molecule has 0 bridgehead atoms. The van der Waals surface area contributed by atoms with Crippen molar-refractivity contribution in [3.63, 3.8) is 0 Å². The number of aromatic nitrogens is 1. The fourth-order valence-corrected chi connectivity index (χ4v) is 1.33. The van der Waals surface area contributed by atoms with Gasteiger partial charge in [-0.25, -0.2) is 0 Å². The molecule has 0 fully saturated rings. The van der Waals surface area contributed by atoms with Crippen molar-refractivity contribution in [1.82, 2.24) is 10.5 Å². The maximum Gasteiger partial charge on any atom is 0.251 e. The van der Waals surface area contributed by atoms with Gasteiger partial charge in [0.05, 0.1) is 24.4 Å². The van der Waals surface area contributed by atoms with E-state index >= 15 is 0 Å². The molecule has 2 rings (SSSR count). The normalized spacial score (nSPS) is 9.59. The van der Waals surface area contributed by atoms with Crippen molar-refractivity contribution in [2.45, 2.75) is 6.54 Å². The minimum Gasteiger partial charge on any atom is -0.360 e. The highest BCUT2D eigenvalue weighted by Gasteiger charge is 2.06. The van der Waals surface area contributed by atoms with Crippen LogP contribution in [0.2, 0.25) is 0 Å². The first-order chi connectivity index (χ1) is 8.29. The van der Waals surface area contributed by atoms with Gasteiger partial charge in [-0.3, -0.25) is 4.79 Å². The molecule has 0 aliphatic rings. The van der Waals surface area contributed by atoms with E-state index in [1.165, 1.54) is 12.3 Å². The topological polar surface area (TPSA) is 78.9 Å². The Bertz CT molecular complexity index is 555. The van der Waals surface area contributed by atoms with Gasteiger partial charge >= 0.3 is 0 Å². The molecule has 0 spiro atoms. The van der Waals surface area contributed by atoms with Crippen LogP contribution in [0.4, 0.5) is 0 Å². The van der Waals surface area contributed by atoms with Crippen molar-refractivity contribution in [3.05, 3.63) is 53.4 Å². The predicted octanol–water partition coefficient (Wildman–Crippen LogP) is 1.48. The monoisotopic (exact) mass is 227 g/mol. The zero-order chi connectivity index (χ0) is 12.1. The largest absolute Gasteiger partial charge is 0.360 e. The maximum absolute atomic E-state index is 11.7. The van der Waals surface area contributed by atoms with Gasteiger partial charge < -0.3 is 9.84 Å². The van der Waals surface area contributed by atoms with Gasteiger partial charge in [-0.15, -0.1) is 0 Å². The molecular weight excluding hydrogens is 218 g/mol. The Morgan fingerprint density at radius 3 is 3.06 bits per heavy atom. The molecule has 1 aromatic carbocycles. The Morgan fingerprint density at radius 2 is 2.35 bits per heavy atom. The SMILES string of the molecule is N#Cc1cccc(C(=O)NCc2ccno2)c1. The lowest BCUT2D eigenvalue weighted by molar-refractivity contribution is 0.0947. The van der Waals surface area contributed by atoms with Crippen LogP contribution in [0.1, 0.15) is 21.7 Å². The molecule has 1 N–H and O–H groups in total. The van der Waals surface area contributed by atoms with Crippen molar-refractivity contribution in [1.29, 1.82) is 5.26 Å². The summed E-state index contributed by atoms with van der Waals surface area (Å²) in [6.45, 7) is 0.273. The predicted molar refractivity (Wildman–Crippen MR) is 58.8 cm³/mol. The van der Waals surface area contributed by atoms with Crippen LogP contribution in [-0.4, -0.2) is 11.1 Å². The summed E-state index contributed by atoms with van der Waals surface area (Å²) in [5.41, 5.74) is 0.904. The zero-order valence-electron chi connectivity index (χ0n) is 8.88. The highest BCUT2D eigenvalue weighted by Crippen LogP contribution is 2.04. The first-order valence-electron chi connectivity index (χ1n) is 4.97. The summed E-state index contributed by atoms with van der Waals surface area (Å²) in [5, 5.41) is 14.9. The lowest BCUT2D eigenvalue weighted by atomic mass is 10.1. The number of carbonyl (C=O) groups excluding carboxylic acids is 1. The number of nitrogens with one attached hydrogen (secondary N) is 1. The third kappa shape index (κ3) is 2.69. The number of nitriles is 1. The van der Waals surface area contributed by atoms with E-state index in [0.717, 1.165) is 0 Å². The standard InChI is InChI=1S/C12H9N3O2/c13-7-9-2-1-3-10(6-9)12(16)14-8-11-4-5-15-17-11/h1-6H,8H2,(H,14,16). The zero-order valence-corrected chi connectivity index (χ0v) is 8.88. The second-order valence-corrected chi connectivity index (χ2v) is 3.35. The Hall–Kier alpha value is -2.61. The highest BCUT2D eigenvalue weighted by molar-refractivity contribution is 5.94. The quantitative estimate of drug-likeness (QED) is 0.861. The average Bonchev–Trinajstić information content (AvgIpc) is 2.89. The Labute approximate surface area is 97.7 Å². The molecule has 5 heteroatoms. The minimum absolute atomic E-state index is 0.251.